The summed E-state index contributed by atoms with van der Waals surface area (Å²) in [5.41, 5.74) is 0. The lowest BCUT2D eigenvalue weighted by Crippen LogP contribution is -2.06. The molecule has 0 aromatic carbocycles. The average Bonchev–Trinajstić information content (AvgIpc) is 2.77. The lowest BCUT2D eigenvalue weighted by molar-refractivity contribution is 0.200. The van der Waals surface area contributed by atoms with Gasteiger partial charge in [0.2, 0.25) is 0 Å². The van der Waals surface area contributed by atoms with Crippen LogP contribution in [0, 0.1) is 0 Å². The Morgan fingerprint density at radius 2 is 2.17 bits per heavy atom. The Morgan fingerprint density at radius 1 is 1.42 bits per heavy atom. The van der Waals surface area contributed by atoms with Crippen LogP contribution in [0.2, 0.25) is 0 Å². The number of thiophene rings is 1. The third kappa shape index (κ3) is 1.82. The third-order valence-electron chi connectivity index (χ3n) is 1.74. The first-order valence-electron chi connectivity index (χ1n) is 3.82. The van der Waals surface area contributed by atoms with E-state index in [1.54, 1.807) is 11.3 Å². The van der Waals surface area contributed by atoms with Crippen LogP contribution in [-0.4, -0.2) is 21.2 Å². The van der Waals surface area contributed by atoms with Crippen molar-refractivity contribution in [2.75, 3.05) is 11.5 Å². The summed E-state index contributed by atoms with van der Waals surface area (Å²) in [7, 11) is 0. The van der Waals surface area contributed by atoms with E-state index in [0.717, 1.165) is 4.88 Å². The zero-order valence-corrected chi connectivity index (χ0v) is 8.92. The fourth-order valence-corrected chi connectivity index (χ4v) is 4.93. The van der Waals surface area contributed by atoms with Crippen LogP contribution in [0.4, 0.5) is 0 Å². The molecule has 0 amide bonds. The van der Waals surface area contributed by atoms with Crippen LogP contribution in [0.25, 0.3) is 0 Å². The lowest BCUT2D eigenvalue weighted by atomic mass is 10.3. The van der Waals surface area contributed by atoms with Gasteiger partial charge in [-0.1, -0.05) is 6.07 Å². The molecule has 2 rings (SSSR count). The van der Waals surface area contributed by atoms with Gasteiger partial charge in [-0.05, 0) is 11.4 Å². The van der Waals surface area contributed by atoms with Crippen LogP contribution >= 0.6 is 34.9 Å². The summed E-state index contributed by atoms with van der Waals surface area (Å²) < 4.78 is 0.364. The SMILES string of the molecule is OC(c1cccs1)C1SCCS1. The first-order valence-corrected chi connectivity index (χ1v) is 6.80. The molecule has 0 aliphatic carbocycles. The van der Waals surface area contributed by atoms with Gasteiger partial charge in [0, 0.05) is 16.4 Å². The molecule has 12 heavy (non-hydrogen) atoms. The highest BCUT2D eigenvalue weighted by atomic mass is 32.2. The molecule has 2 heterocycles. The van der Waals surface area contributed by atoms with E-state index in [-0.39, 0.29) is 6.10 Å². The van der Waals surface area contributed by atoms with Crippen molar-refractivity contribution >= 4 is 34.9 Å². The average molecular weight is 218 g/mol. The second-order valence-corrected chi connectivity index (χ2v) is 6.35. The topological polar surface area (TPSA) is 20.2 Å². The van der Waals surface area contributed by atoms with Crippen molar-refractivity contribution in [1.29, 1.82) is 0 Å². The third-order valence-corrected chi connectivity index (χ3v) is 5.81. The van der Waals surface area contributed by atoms with E-state index < -0.39 is 0 Å². The molecule has 1 nitrogen and oxygen atoms in total. The molecule has 0 bridgehead atoms. The number of hydrogen-bond donors (Lipinski definition) is 1. The molecule has 1 fully saturated rings. The summed E-state index contributed by atoms with van der Waals surface area (Å²) in [6, 6.07) is 4.00. The minimum absolute atomic E-state index is 0.262. The van der Waals surface area contributed by atoms with Gasteiger partial charge in [0.15, 0.2) is 0 Å². The molecule has 1 aromatic rings. The Labute approximate surface area is 84.6 Å². The maximum Gasteiger partial charge on any atom is 0.109 e. The van der Waals surface area contributed by atoms with E-state index in [4.69, 9.17) is 0 Å². The molecule has 1 unspecified atom stereocenters. The minimum atomic E-state index is -0.262. The highest BCUT2D eigenvalue weighted by Gasteiger charge is 2.26. The van der Waals surface area contributed by atoms with Crippen LogP contribution < -0.4 is 0 Å². The molecule has 1 aliphatic heterocycles. The summed E-state index contributed by atoms with van der Waals surface area (Å²) in [5, 5.41) is 11.9. The van der Waals surface area contributed by atoms with Crippen molar-refractivity contribution in [2.45, 2.75) is 10.7 Å². The van der Waals surface area contributed by atoms with Crippen molar-refractivity contribution in [3.8, 4) is 0 Å². The van der Waals surface area contributed by atoms with Gasteiger partial charge in [-0.2, -0.15) is 0 Å². The van der Waals surface area contributed by atoms with E-state index in [1.807, 2.05) is 41.0 Å². The number of rotatable bonds is 2. The summed E-state index contributed by atoms with van der Waals surface area (Å²) in [6.07, 6.45) is -0.262. The van der Waals surface area contributed by atoms with Crippen LogP contribution in [-0.2, 0) is 0 Å². The molecule has 4 heteroatoms. The molecule has 1 atom stereocenters. The van der Waals surface area contributed by atoms with Gasteiger partial charge in [0.05, 0.1) is 4.58 Å². The van der Waals surface area contributed by atoms with Crippen molar-refractivity contribution in [3.05, 3.63) is 22.4 Å². The molecule has 0 spiro atoms. The van der Waals surface area contributed by atoms with Gasteiger partial charge in [0.25, 0.3) is 0 Å². The lowest BCUT2D eigenvalue weighted by Gasteiger charge is -2.14. The first kappa shape index (κ1) is 8.94. The molecule has 1 aliphatic rings. The molecule has 1 aromatic heterocycles. The highest BCUT2D eigenvalue weighted by Crippen LogP contribution is 2.41. The fourth-order valence-electron chi connectivity index (χ4n) is 1.15. The Hall–Kier alpha value is 0.360. The van der Waals surface area contributed by atoms with Gasteiger partial charge in [-0.25, -0.2) is 0 Å². The highest BCUT2D eigenvalue weighted by molar-refractivity contribution is 8.20. The Bertz CT molecular complexity index is 228. The fraction of sp³-hybridized carbons (Fsp3) is 0.500. The molecule has 1 N–H and O–H groups in total. The molecular formula is C8H10OS3. The van der Waals surface area contributed by atoms with Crippen LogP contribution in [0.5, 0.6) is 0 Å². The Balaban J connectivity index is 2.04. The molecule has 0 saturated carbocycles. The largest absolute Gasteiger partial charge is 0.386 e. The van der Waals surface area contributed by atoms with E-state index in [1.165, 1.54) is 11.5 Å². The second-order valence-electron chi connectivity index (χ2n) is 2.57. The van der Waals surface area contributed by atoms with Crippen molar-refractivity contribution in [3.63, 3.8) is 0 Å². The normalized spacial score (nSPS) is 21.4. The van der Waals surface area contributed by atoms with E-state index in [0.29, 0.717) is 4.58 Å². The monoisotopic (exact) mass is 218 g/mol. The van der Waals surface area contributed by atoms with Crippen molar-refractivity contribution < 1.29 is 5.11 Å². The maximum atomic E-state index is 9.88. The molecule has 1 saturated heterocycles. The summed E-state index contributed by atoms with van der Waals surface area (Å²) >= 11 is 5.38. The second kappa shape index (κ2) is 4.05. The first-order chi connectivity index (χ1) is 5.88. The van der Waals surface area contributed by atoms with E-state index in [9.17, 15) is 5.11 Å². The van der Waals surface area contributed by atoms with Gasteiger partial charge < -0.3 is 5.11 Å². The Kier molecular flexibility index (Phi) is 3.01. The summed E-state index contributed by atoms with van der Waals surface area (Å²) in [5.74, 6) is 2.36. The standard InChI is InChI=1S/C8H10OS3/c9-7(6-2-1-3-10-6)8-11-4-5-12-8/h1-3,7-9H,4-5H2. The van der Waals surface area contributed by atoms with E-state index in [2.05, 4.69) is 0 Å². The van der Waals surface area contributed by atoms with Crippen molar-refractivity contribution in [1.82, 2.24) is 0 Å². The molecule has 66 valence electrons. The van der Waals surface area contributed by atoms with Gasteiger partial charge in [-0.15, -0.1) is 34.9 Å². The van der Waals surface area contributed by atoms with Crippen LogP contribution in [0.15, 0.2) is 17.5 Å². The maximum absolute atomic E-state index is 9.88. The van der Waals surface area contributed by atoms with Crippen LogP contribution in [0.3, 0.4) is 0 Å². The van der Waals surface area contributed by atoms with Crippen LogP contribution in [0.1, 0.15) is 11.0 Å². The minimum Gasteiger partial charge on any atom is -0.386 e. The number of aliphatic hydroxyl groups is 1. The number of aliphatic hydroxyl groups excluding tert-OH is 1. The van der Waals surface area contributed by atoms with Crippen molar-refractivity contribution in [2.24, 2.45) is 0 Å². The quantitative estimate of drug-likeness (QED) is 0.824. The Morgan fingerprint density at radius 3 is 2.75 bits per heavy atom. The van der Waals surface area contributed by atoms with Gasteiger partial charge >= 0.3 is 0 Å². The number of thioether (sulfide) groups is 2. The van der Waals surface area contributed by atoms with E-state index >= 15 is 0 Å². The predicted molar refractivity (Wildman–Crippen MR) is 58.0 cm³/mol. The smallest absolute Gasteiger partial charge is 0.109 e. The molecule has 0 radical (unpaired) electrons. The summed E-state index contributed by atoms with van der Waals surface area (Å²) in [6.45, 7) is 0. The predicted octanol–water partition coefficient (Wildman–Crippen LogP) is 2.59. The summed E-state index contributed by atoms with van der Waals surface area (Å²) in [4.78, 5) is 1.10. The zero-order chi connectivity index (χ0) is 8.39. The van der Waals surface area contributed by atoms with Gasteiger partial charge in [0.1, 0.15) is 6.10 Å². The van der Waals surface area contributed by atoms with Gasteiger partial charge in [-0.3, -0.25) is 0 Å². The number of hydrogen-bond acceptors (Lipinski definition) is 4. The zero-order valence-electron chi connectivity index (χ0n) is 6.47. The molecular weight excluding hydrogens is 208 g/mol.